The van der Waals surface area contributed by atoms with Gasteiger partial charge >= 0.3 is 5.13 Å². The van der Waals surface area contributed by atoms with Gasteiger partial charge in [-0.05, 0) is 35.6 Å². The Morgan fingerprint density at radius 3 is 2.73 bits per heavy atom. The summed E-state index contributed by atoms with van der Waals surface area (Å²) >= 11 is 7.11. The van der Waals surface area contributed by atoms with E-state index >= 15 is 0 Å². The zero-order valence-electron chi connectivity index (χ0n) is 7.74. The number of aromatic amines is 1. The summed E-state index contributed by atoms with van der Waals surface area (Å²) < 4.78 is 5.47. The van der Waals surface area contributed by atoms with Crippen LogP contribution in [0.25, 0.3) is 0 Å². The van der Waals surface area contributed by atoms with Gasteiger partial charge in [-0.2, -0.15) is 0 Å². The van der Waals surface area contributed by atoms with Gasteiger partial charge in [-0.15, -0.1) is 5.10 Å². The molecule has 0 unspecified atom stereocenters. The Morgan fingerprint density at radius 1 is 1.40 bits per heavy atom. The molecule has 2 aromatic rings. The highest BCUT2D eigenvalue weighted by Crippen LogP contribution is 2.17. The zero-order chi connectivity index (χ0) is 10.7. The van der Waals surface area contributed by atoms with Crippen molar-refractivity contribution in [3.05, 3.63) is 34.3 Å². The van der Waals surface area contributed by atoms with E-state index in [1.165, 1.54) is 11.3 Å². The minimum Gasteiger partial charge on any atom is -0.486 e. The van der Waals surface area contributed by atoms with Gasteiger partial charge in [0.15, 0.2) is 5.01 Å². The predicted octanol–water partition coefficient (Wildman–Crippen LogP) is 1.77. The number of anilines is 1. The second-order valence-electron chi connectivity index (χ2n) is 2.83. The molecule has 1 aromatic carbocycles. The van der Waals surface area contributed by atoms with Crippen molar-refractivity contribution in [3.8, 4) is 5.75 Å². The van der Waals surface area contributed by atoms with E-state index in [4.69, 9.17) is 22.1 Å². The molecule has 0 aliphatic carbocycles. The van der Waals surface area contributed by atoms with Crippen molar-refractivity contribution in [2.75, 3.05) is 5.73 Å². The summed E-state index contributed by atoms with van der Waals surface area (Å²) in [4.78, 5) is 0. The number of nitrogens with one attached hydrogen (secondary N) is 1. The maximum Gasteiger partial charge on any atom is 0.351 e. The van der Waals surface area contributed by atoms with E-state index in [9.17, 15) is 0 Å². The highest BCUT2D eigenvalue weighted by Gasteiger charge is 2.05. The smallest absolute Gasteiger partial charge is 0.351 e. The average molecular weight is 243 g/mol. The third-order valence-corrected chi connectivity index (χ3v) is 2.70. The van der Waals surface area contributed by atoms with Crippen LogP contribution in [-0.2, 0) is 6.61 Å². The Balaban J connectivity index is 1.96. The van der Waals surface area contributed by atoms with Crippen molar-refractivity contribution >= 4 is 28.1 Å². The lowest BCUT2D eigenvalue weighted by atomic mass is 10.3. The first kappa shape index (κ1) is 10.2. The number of aromatic nitrogens is 2. The minimum absolute atomic E-state index is 0.403. The highest BCUT2D eigenvalue weighted by atomic mass is 35.5. The lowest BCUT2D eigenvalue weighted by Crippen LogP contribution is -2.08. The summed E-state index contributed by atoms with van der Waals surface area (Å²) in [6, 6.07) is 7.17. The van der Waals surface area contributed by atoms with Crippen molar-refractivity contribution in [1.29, 1.82) is 0 Å². The van der Waals surface area contributed by atoms with Crippen LogP contribution in [0.15, 0.2) is 24.3 Å². The molecule has 3 N–H and O–H groups in total. The van der Waals surface area contributed by atoms with Crippen LogP contribution in [0.4, 0.5) is 5.13 Å². The first-order chi connectivity index (χ1) is 7.24. The SMILES string of the molecule is Nc1[nH+]nc(COc2ccc(Cl)cc2)s1. The van der Waals surface area contributed by atoms with Crippen molar-refractivity contribution in [1.82, 2.24) is 5.10 Å². The van der Waals surface area contributed by atoms with Gasteiger partial charge in [0.2, 0.25) is 0 Å². The van der Waals surface area contributed by atoms with Crippen LogP contribution in [0.1, 0.15) is 5.01 Å². The second-order valence-corrected chi connectivity index (χ2v) is 4.38. The number of ether oxygens (including phenoxy) is 1. The van der Waals surface area contributed by atoms with E-state index in [0.29, 0.717) is 16.8 Å². The number of halogens is 1. The van der Waals surface area contributed by atoms with Gasteiger partial charge in [-0.1, -0.05) is 16.7 Å². The summed E-state index contributed by atoms with van der Waals surface area (Å²) in [5.74, 6) is 0.758. The quantitative estimate of drug-likeness (QED) is 0.892. The Labute approximate surface area is 95.7 Å². The molecule has 2 rings (SSSR count). The van der Waals surface area contributed by atoms with E-state index in [1.807, 2.05) is 12.1 Å². The number of nitrogens with two attached hydrogens (primary N) is 1. The molecule has 0 aliphatic rings. The van der Waals surface area contributed by atoms with Gasteiger partial charge < -0.3 is 4.74 Å². The predicted molar refractivity (Wildman–Crippen MR) is 58.9 cm³/mol. The first-order valence-electron chi connectivity index (χ1n) is 4.25. The highest BCUT2D eigenvalue weighted by molar-refractivity contribution is 7.14. The molecule has 0 atom stereocenters. The molecule has 0 fully saturated rings. The summed E-state index contributed by atoms with van der Waals surface area (Å²) in [5, 5.41) is 8.70. The molecular weight excluding hydrogens is 234 g/mol. The van der Waals surface area contributed by atoms with Gasteiger partial charge in [0.1, 0.15) is 12.4 Å². The molecule has 1 heterocycles. The Hall–Kier alpha value is -1.33. The van der Waals surface area contributed by atoms with E-state index in [0.717, 1.165) is 10.8 Å². The number of benzene rings is 1. The second kappa shape index (κ2) is 4.46. The molecule has 78 valence electrons. The molecule has 1 aromatic heterocycles. The van der Waals surface area contributed by atoms with Crippen LogP contribution < -0.4 is 15.6 Å². The summed E-state index contributed by atoms with van der Waals surface area (Å²) in [5.41, 5.74) is 5.49. The Kier molecular flexibility index (Phi) is 3.03. The average Bonchev–Trinajstić information content (AvgIpc) is 2.64. The minimum atomic E-state index is 0.403. The Morgan fingerprint density at radius 2 is 2.13 bits per heavy atom. The number of H-pyrrole nitrogens is 1. The van der Waals surface area contributed by atoms with Gasteiger partial charge in [0.05, 0.1) is 0 Å². The molecule has 0 spiro atoms. The van der Waals surface area contributed by atoms with Crippen molar-refractivity contribution in [3.63, 3.8) is 0 Å². The number of rotatable bonds is 3. The maximum absolute atomic E-state index is 5.74. The van der Waals surface area contributed by atoms with Crippen LogP contribution in [0.3, 0.4) is 0 Å². The Bertz CT molecular complexity index is 443. The molecule has 0 amide bonds. The van der Waals surface area contributed by atoms with Crippen LogP contribution in [-0.4, -0.2) is 5.10 Å². The molecule has 0 saturated heterocycles. The number of nitrogen functional groups attached to an aromatic ring is 1. The van der Waals surface area contributed by atoms with E-state index in [-0.39, 0.29) is 0 Å². The molecular formula is C9H9ClN3OS+. The van der Waals surface area contributed by atoms with Crippen LogP contribution >= 0.6 is 22.9 Å². The topological polar surface area (TPSA) is 62.3 Å². The van der Waals surface area contributed by atoms with Crippen LogP contribution in [0, 0.1) is 0 Å². The maximum atomic E-state index is 5.74. The standard InChI is InChI=1S/C9H8ClN3OS/c10-6-1-3-7(4-2-6)14-5-8-12-13-9(11)15-8/h1-4H,5H2,(H2,11,13)/p+1. The zero-order valence-corrected chi connectivity index (χ0v) is 9.31. The van der Waals surface area contributed by atoms with Gasteiger partial charge in [-0.3, -0.25) is 5.73 Å². The molecule has 0 aliphatic heterocycles. The fraction of sp³-hybridized carbons (Fsp3) is 0.111. The van der Waals surface area contributed by atoms with Gasteiger partial charge in [0, 0.05) is 5.02 Å². The fourth-order valence-electron chi connectivity index (χ4n) is 1.03. The number of nitrogens with zero attached hydrogens (tertiary/aromatic N) is 1. The number of hydrogen-bond donors (Lipinski definition) is 1. The van der Waals surface area contributed by atoms with Crippen molar-refractivity contribution in [2.24, 2.45) is 0 Å². The third-order valence-electron chi connectivity index (χ3n) is 1.69. The van der Waals surface area contributed by atoms with Gasteiger partial charge in [0.25, 0.3) is 0 Å². The van der Waals surface area contributed by atoms with E-state index in [2.05, 4.69) is 10.2 Å². The van der Waals surface area contributed by atoms with Crippen LogP contribution in [0.5, 0.6) is 5.75 Å². The van der Waals surface area contributed by atoms with Crippen molar-refractivity contribution < 1.29 is 9.84 Å². The molecule has 4 nitrogen and oxygen atoms in total. The van der Waals surface area contributed by atoms with Crippen molar-refractivity contribution in [2.45, 2.75) is 6.61 Å². The summed E-state index contributed by atoms with van der Waals surface area (Å²) in [6.07, 6.45) is 0. The van der Waals surface area contributed by atoms with Gasteiger partial charge in [-0.25, -0.2) is 0 Å². The molecule has 6 heteroatoms. The lowest BCUT2D eigenvalue weighted by molar-refractivity contribution is -0.433. The largest absolute Gasteiger partial charge is 0.486 e. The molecule has 15 heavy (non-hydrogen) atoms. The van der Waals surface area contributed by atoms with E-state index in [1.54, 1.807) is 12.1 Å². The first-order valence-corrected chi connectivity index (χ1v) is 5.45. The van der Waals surface area contributed by atoms with E-state index < -0.39 is 0 Å². The third kappa shape index (κ3) is 2.81. The number of hydrogen-bond acceptors (Lipinski definition) is 4. The normalized spacial score (nSPS) is 10.2. The molecule has 0 bridgehead atoms. The monoisotopic (exact) mass is 242 g/mol. The lowest BCUT2D eigenvalue weighted by Gasteiger charge is -2.02. The fourth-order valence-corrected chi connectivity index (χ4v) is 1.71. The van der Waals surface area contributed by atoms with Crippen LogP contribution in [0.2, 0.25) is 5.02 Å². The molecule has 0 saturated carbocycles. The summed E-state index contributed by atoms with van der Waals surface area (Å²) in [7, 11) is 0. The molecule has 0 radical (unpaired) electrons. The summed E-state index contributed by atoms with van der Waals surface area (Å²) in [6.45, 7) is 0.403.